The number of aliphatic hydroxyl groups is 4. The van der Waals surface area contributed by atoms with Gasteiger partial charge in [0.25, 0.3) is 5.91 Å². The molecule has 1 aromatic rings. The van der Waals surface area contributed by atoms with E-state index >= 15 is 0 Å². The van der Waals surface area contributed by atoms with Crippen molar-refractivity contribution in [3.8, 4) is 6.07 Å². The monoisotopic (exact) mass is 419 g/mol. The Labute approximate surface area is 175 Å². The number of allylic oxidation sites excluding steroid dienone is 1. The van der Waals surface area contributed by atoms with E-state index in [-0.39, 0.29) is 5.57 Å². The molecule has 2 rings (SSSR count). The van der Waals surface area contributed by atoms with Crippen LogP contribution in [0.4, 0.5) is 5.69 Å². The molecule has 1 heterocycles. The van der Waals surface area contributed by atoms with Gasteiger partial charge in [0, 0.05) is 18.8 Å². The summed E-state index contributed by atoms with van der Waals surface area (Å²) in [6, 6.07) is 7.95. The van der Waals surface area contributed by atoms with Crippen molar-refractivity contribution in [2.24, 2.45) is 0 Å². The van der Waals surface area contributed by atoms with Crippen molar-refractivity contribution in [2.45, 2.75) is 51.4 Å². The number of hydrogen-bond acceptors (Lipinski definition) is 8. The number of hydrogen-bond donors (Lipinski definition) is 5. The summed E-state index contributed by atoms with van der Waals surface area (Å²) in [4.78, 5) is 14.8. The zero-order chi connectivity index (χ0) is 22.4. The summed E-state index contributed by atoms with van der Waals surface area (Å²) in [6.45, 7) is 6.84. The summed E-state index contributed by atoms with van der Waals surface area (Å²) in [5, 5.41) is 51.2. The highest BCUT2D eigenvalue weighted by Crippen LogP contribution is 2.24. The van der Waals surface area contributed by atoms with Crippen LogP contribution in [0.2, 0.25) is 0 Å². The quantitative estimate of drug-likeness (QED) is 0.300. The van der Waals surface area contributed by atoms with E-state index in [9.17, 15) is 25.4 Å². The molecule has 1 aliphatic heterocycles. The third kappa shape index (κ3) is 4.98. The van der Waals surface area contributed by atoms with Gasteiger partial charge in [-0.2, -0.15) is 5.26 Å². The highest BCUT2D eigenvalue weighted by atomic mass is 16.6. The van der Waals surface area contributed by atoms with E-state index in [0.29, 0.717) is 11.1 Å². The predicted octanol–water partition coefficient (Wildman–Crippen LogP) is -0.254. The summed E-state index contributed by atoms with van der Waals surface area (Å²) in [5.74, 6) is -0.816. The molecule has 1 saturated heterocycles. The first kappa shape index (κ1) is 23.8. The maximum absolute atomic E-state index is 12.7. The molecule has 0 radical (unpaired) electrons. The molecule has 30 heavy (non-hydrogen) atoms. The second-order valence-electron chi connectivity index (χ2n) is 7.06. The maximum Gasteiger partial charge on any atom is 0.262 e. The second kappa shape index (κ2) is 10.5. The zero-order valence-corrected chi connectivity index (χ0v) is 17.3. The number of amides is 1. The van der Waals surface area contributed by atoms with Gasteiger partial charge in [-0.25, -0.2) is 0 Å². The molecule has 5 N–H and O–H groups in total. The molecule has 0 bridgehead atoms. The van der Waals surface area contributed by atoms with Crippen molar-refractivity contribution in [3.05, 3.63) is 35.4 Å². The molecule has 1 amide bonds. The van der Waals surface area contributed by atoms with Gasteiger partial charge < -0.3 is 35.4 Å². The number of carbonyl (C=O) groups excluding carboxylic acids is 1. The van der Waals surface area contributed by atoms with Gasteiger partial charge in [-0.15, -0.1) is 0 Å². The number of rotatable bonds is 7. The fourth-order valence-electron chi connectivity index (χ4n) is 3.44. The van der Waals surface area contributed by atoms with Gasteiger partial charge in [0.2, 0.25) is 0 Å². The van der Waals surface area contributed by atoms with E-state index in [4.69, 9.17) is 9.84 Å². The van der Waals surface area contributed by atoms with Crippen molar-refractivity contribution < 1.29 is 30.0 Å². The Balaban J connectivity index is 2.22. The lowest BCUT2D eigenvalue weighted by Crippen LogP contribution is -2.64. The minimum absolute atomic E-state index is 0.191. The number of benzene rings is 1. The molecular weight excluding hydrogens is 390 g/mol. The first-order chi connectivity index (χ1) is 14.3. The Kier molecular flexibility index (Phi) is 8.34. The Morgan fingerprint density at radius 1 is 1.17 bits per heavy atom. The fourth-order valence-corrected chi connectivity index (χ4v) is 3.44. The number of aliphatic hydroxyl groups excluding tert-OH is 4. The van der Waals surface area contributed by atoms with Gasteiger partial charge in [0.1, 0.15) is 36.0 Å². The average molecular weight is 419 g/mol. The molecule has 9 nitrogen and oxygen atoms in total. The van der Waals surface area contributed by atoms with Crippen LogP contribution in [0.15, 0.2) is 29.8 Å². The summed E-state index contributed by atoms with van der Waals surface area (Å²) >= 11 is 0. The van der Waals surface area contributed by atoms with Crippen molar-refractivity contribution in [2.75, 3.05) is 24.6 Å². The van der Waals surface area contributed by atoms with Crippen LogP contribution < -0.4 is 10.2 Å². The van der Waals surface area contributed by atoms with Crippen LogP contribution in [0.3, 0.4) is 0 Å². The van der Waals surface area contributed by atoms with Crippen LogP contribution in [0.25, 0.3) is 5.57 Å². The Morgan fingerprint density at radius 2 is 1.77 bits per heavy atom. The lowest BCUT2D eigenvalue weighted by Gasteiger charge is -2.40. The van der Waals surface area contributed by atoms with E-state index in [0.717, 1.165) is 18.8 Å². The van der Waals surface area contributed by atoms with Gasteiger partial charge in [0.05, 0.1) is 6.61 Å². The van der Waals surface area contributed by atoms with Gasteiger partial charge in [-0.3, -0.25) is 4.79 Å². The van der Waals surface area contributed by atoms with Crippen LogP contribution in [-0.4, -0.2) is 76.7 Å². The number of nitriles is 1. The number of ether oxygens (including phenoxy) is 1. The second-order valence-corrected chi connectivity index (χ2v) is 7.06. The van der Waals surface area contributed by atoms with Gasteiger partial charge in [-0.05, 0) is 44.0 Å². The van der Waals surface area contributed by atoms with E-state index in [2.05, 4.69) is 24.1 Å². The normalized spacial score (nSPS) is 27.1. The summed E-state index contributed by atoms with van der Waals surface area (Å²) in [5.41, 5.74) is 1.94. The van der Waals surface area contributed by atoms with Gasteiger partial charge >= 0.3 is 0 Å². The summed E-state index contributed by atoms with van der Waals surface area (Å²) in [7, 11) is 0. The number of carbonyl (C=O) groups is 1. The average Bonchev–Trinajstić information content (AvgIpc) is 2.75. The van der Waals surface area contributed by atoms with E-state index in [1.54, 1.807) is 6.92 Å². The highest BCUT2D eigenvalue weighted by molar-refractivity contribution is 6.04. The first-order valence-electron chi connectivity index (χ1n) is 9.86. The van der Waals surface area contributed by atoms with Crippen molar-refractivity contribution in [1.82, 2.24) is 5.32 Å². The summed E-state index contributed by atoms with van der Waals surface area (Å²) < 4.78 is 5.02. The number of anilines is 1. The number of nitrogens with one attached hydrogen (secondary N) is 1. The van der Waals surface area contributed by atoms with Crippen molar-refractivity contribution in [1.29, 1.82) is 5.26 Å². The molecule has 0 saturated carbocycles. The minimum Gasteiger partial charge on any atom is -0.394 e. The van der Waals surface area contributed by atoms with Crippen molar-refractivity contribution in [3.63, 3.8) is 0 Å². The molecular formula is C21H29N3O6. The number of nitrogens with zero attached hydrogens (tertiary/aromatic N) is 2. The standard InChI is InChI=1S/C21H29N3O6/c1-4-24(5-2)14-8-6-13(7-9-14)12(3)15(10-22)20(28)23-17-19(27)18(26)16(11-25)30-21(17)29/h6-9,16-19,21,25-27,29H,4-5,11H2,1-3H3,(H,23,28)/b15-12+/t16-,17-,18-,19-,21?/m1/s1. The van der Waals surface area contributed by atoms with Crippen LogP contribution in [0.5, 0.6) is 0 Å². The molecule has 1 fully saturated rings. The molecule has 1 unspecified atom stereocenters. The minimum atomic E-state index is -1.65. The molecule has 5 atom stereocenters. The van der Waals surface area contributed by atoms with Gasteiger partial charge in [-0.1, -0.05) is 12.1 Å². The van der Waals surface area contributed by atoms with Gasteiger partial charge in [0.15, 0.2) is 6.29 Å². The zero-order valence-electron chi connectivity index (χ0n) is 17.3. The van der Waals surface area contributed by atoms with E-state index in [1.165, 1.54) is 0 Å². The molecule has 0 aliphatic carbocycles. The van der Waals surface area contributed by atoms with Crippen LogP contribution in [-0.2, 0) is 9.53 Å². The maximum atomic E-state index is 12.7. The predicted molar refractivity (Wildman–Crippen MR) is 110 cm³/mol. The first-order valence-corrected chi connectivity index (χ1v) is 9.86. The van der Waals surface area contributed by atoms with Crippen molar-refractivity contribution >= 4 is 17.2 Å². The topological polar surface area (TPSA) is 146 Å². The third-order valence-electron chi connectivity index (χ3n) is 5.34. The van der Waals surface area contributed by atoms with E-state index in [1.807, 2.05) is 30.3 Å². The lowest BCUT2D eigenvalue weighted by molar-refractivity contribution is -0.253. The molecule has 1 aliphatic rings. The Bertz CT molecular complexity index is 800. The smallest absolute Gasteiger partial charge is 0.262 e. The lowest BCUT2D eigenvalue weighted by atomic mass is 9.96. The molecule has 9 heteroatoms. The fraction of sp³-hybridized carbons (Fsp3) is 0.524. The molecule has 164 valence electrons. The van der Waals surface area contributed by atoms with Crippen LogP contribution >= 0.6 is 0 Å². The largest absolute Gasteiger partial charge is 0.394 e. The Hall–Kier alpha value is -2.48. The molecule has 0 aromatic heterocycles. The SMILES string of the molecule is CCN(CC)c1ccc(/C(C)=C(\C#N)C(=O)N[C@H]2C(O)O[C@H](CO)[C@@H](O)[C@@H]2O)cc1. The van der Waals surface area contributed by atoms with E-state index < -0.39 is 43.2 Å². The highest BCUT2D eigenvalue weighted by Gasteiger charge is 2.44. The van der Waals surface area contributed by atoms with Crippen LogP contribution in [0, 0.1) is 11.3 Å². The molecule has 0 spiro atoms. The third-order valence-corrected chi connectivity index (χ3v) is 5.34. The van der Waals surface area contributed by atoms with Crippen LogP contribution in [0.1, 0.15) is 26.3 Å². The Morgan fingerprint density at radius 3 is 2.27 bits per heavy atom. The molecule has 1 aromatic carbocycles. The summed E-state index contributed by atoms with van der Waals surface area (Å²) in [6.07, 6.45) is -5.92.